The molecular weight excluding hydrogens is 278 g/mol. The Morgan fingerprint density at radius 2 is 1.82 bits per heavy atom. The smallest absolute Gasteiger partial charge is 0.215 e. The summed E-state index contributed by atoms with van der Waals surface area (Å²) in [5, 5.41) is 8.73. The minimum atomic E-state index is -0.241. The number of carbonyl (C=O) groups excluding carboxylic acids is 1. The molecule has 0 saturated heterocycles. The standard InChI is InChI=1S/C17H15N3O2/c1-10-3-5-11(6-4-10)17(21)16-15(18)13-9-12(22-2)7-8-14(13)19-20-16/h3-9H,1-2H3,(H2,18,19). The summed E-state index contributed by atoms with van der Waals surface area (Å²) >= 11 is 0. The molecule has 2 N–H and O–H groups in total. The predicted octanol–water partition coefficient (Wildman–Crippen LogP) is 2.76. The zero-order chi connectivity index (χ0) is 15.7. The Kier molecular flexibility index (Phi) is 3.47. The number of rotatable bonds is 3. The van der Waals surface area contributed by atoms with Crippen LogP contribution >= 0.6 is 0 Å². The number of ketones is 1. The number of fused-ring (bicyclic) bond motifs is 1. The van der Waals surface area contributed by atoms with E-state index in [1.165, 1.54) is 0 Å². The molecule has 2 aromatic carbocycles. The molecule has 3 aromatic rings. The Bertz CT molecular complexity index is 858. The number of methoxy groups -OCH3 is 1. The lowest BCUT2D eigenvalue weighted by Gasteiger charge is -2.08. The highest BCUT2D eigenvalue weighted by Crippen LogP contribution is 2.26. The number of carbonyl (C=O) groups is 1. The van der Waals surface area contributed by atoms with Crippen molar-refractivity contribution < 1.29 is 9.53 Å². The van der Waals surface area contributed by atoms with Crippen LogP contribution in [0.3, 0.4) is 0 Å². The maximum atomic E-state index is 12.6. The third kappa shape index (κ3) is 2.37. The van der Waals surface area contributed by atoms with Crippen molar-refractivity contribution in [1.82, 2.24) is 10.2 Å². The van der Waals surface area contributed by atoms with Gasteiger partial charge in [-0.15, -0.1) is 10.2 Å². The first-order valence-corrected chi connectivity index (χ1v) is 6.81. The van der Waals surface area contributed by atoms with E-state index in [9.17, 15) is 4.79 Å². The molecule has 0 aliphatic carbocycles. The largest absolute Gasteiger partial charge is 0.497 e. The van der Waals surface area contributed by atoms with Crippen molar-refractivity contribution in [2.75, 3.05) is 12.8 Å². The van der Waals surface area contributed by atoms with E-state index in [-0.39, 0.29) is 11.5 Å². The van der Waals surface area contributed by atoms with Crippen LogP contribution in [0, 0.1) is 6.92 Å². The van der Waals surface area contributed by atoms with Crippen molar-refractivity contribution in [2.24, 2.45) is 0 Å². The molecule has 1 aromatic heterocycles. The van der Waals surface area contributed by atoms with Gasteiger partial charge in [0.15, 0.2) is 5.69 Å². The number of nitrogen functional groups attached to an aromatic ring is 1. The highest BCUT2D eigenvalue weighted by atomic mass is 16.5. The molecular formula is C17H15N3O2. The van der Waals surface area contributed by atoms with E-state index >= 15 is 0 Å². The number of aryl methyl sites for hydroxylation is 1. The second-order valence-corrected chi connectivity index (χ2v) is 5.04. The Balaban J connectivity index is 2.12. The Morgan fingerprint density at radius 1 is 1.09 bits per heavy atom. The third-order valence-electron chi connectivity index (χ3n) is 3.54. The molecule has 110 valence electrons. The number of benzene rings is 2. The van der Waals surface area contributed by atoms with E-state index in [1.807, 2.05) is 19.1 Å². The van der Waals surface area contributed by atoms with Gasteiger partial charge in [0.1, 0.15) is 5.75 Å². The molecule has 0 saturated carbocycles. The third-order valence-corrected chi connectivity index (χ3v) is 3.54. The average molecular weight is 293 g/mol. The molecule has 0 unspecified atom stereocenters. The van der Waals surface area contributed by atoms with Gasteiger partial charge in [-0.1, -0.05) is 29.8 Å². The predicted molar refractivity (Wildman–Crippen MR) is 85.1 cm³/mol. The van der Waals surface area contributed by atoms with Crippen LogP contribution in [0.5, 0.6) is 5.75 Å². The van der Waals surface area contributed by atoms with Gasteiger partial charge in [0, 0.05) is 10.9 Å². The summed E-state index contributed by atoms with van der Waals surface area (Å²) in [5.41, 5.74) is 8.85. The van der Waals surface area contributed by atoms with Gasteiger partial charge in [0.05, 0.1) is 18.3 Å². The molecule has 0 bridgehead atoms. The number of nitrogens with two attached hydrogens (primary N) is 1. The fourth-order valence-corrected chi connectivity index (χ4v) is 2.24. The van der Waals surface area contributed by atoms with E-state index < -0.39 is 0 Å². The lowest BCUT2D eigenvalue weighted by atomic mass is 10.0. The molecule has 0 radical (unpaired) electrons. The molecule has 1 heterocycles. The summed E-state index contributed by atoms with van der Waals surface area (Å²) in [6, 6.07) is 12.6. The van der Waals surface area contributed by atoms with Gasteiger partial charge in [0.25, 0.3) is 0 Å². The van der Waals surface area contributed by atoms with Crippen LogP contribution < -0.4 is 10.5 Å². The molecule has 22 heavy (non-hydrogen) atoms. The maximum absolute atomic E-state index is 12.6. The normalized spacial score (nSPS) is 10.6. The molecule has 5 nitrogen and oxygen atoms in total. The fourth-order valence-electron chi connectivity index (χ4n) is 2.24. The molecule has 0 aliphatic rings. The molecule has 0 spiro atoms. The second-order valence-electron chi connectivity index (χ2n) is 5.04. The molecule has 0 atom stereocenters. The monoisotopic (exact) mass is 293 g/mol. The summed E-state index contributed by atoms with van der Waals surface area (Å²) in [4.78, 5) is 12.6. The topological polar surface area (TPSA) is 78.1 Å². The quantitative estimate of drug-likeness (QED) is 0.751. The van der Waals surface area contributed by atoms with Crippen LogP contribution in [-0.2, 0) is 0 Å². The van der Waals surface area contributed by atoms with Gasteiger partial charge in [-0.25, -0.2) is 0 Å². The van der Waals surface area contributed by atoms with Gasteiger partial charge in [-0.05, 0) is 25.1 Å². The van der Waals surface area contributed by atoms with Gasteiger partial charge < -0.3 is 10.5 Å². The summed E-state index contributed by atoms with van der Waals surface area (Å²) in [6.07, 6.45) is 0. The first-order valence-electron chi connectivity index (χ1n) is 6.81. The summed E-state index contributed by atoms with van der Waals surface area (Å²) < 4.78 is 5.19. The van der Waals surface area contributed by atoms with Crippen LogP contribution in [-0.4, -0.2) is 23.1 Å². The first kappa shape index (κ1) is 14.0. The second kappa shape index (κ2) is 5.44. The first-order chi connectivity index (χ1) is 10.6. The molecule has 0 fully saturated rings. The highest BCUT2D eigenvalue weighted by Gasteiger charge is 2.17. The van der Waals surface area contributed by atoms with Crippen LogP contribution in [0.4, 0.5) is 5.69 Å². The Hall–Kier alpha value is -2.95. The van der Waals surface area contributed by atoms with E-state index in [0.29, 0.717) is 27.9 Å². The van der Waals surface area contributed by atoms with Crippen molar-refractivity contribution in [1.29, 1.82) is 0 Å². The zero-order valence-electron chi connectivity index (χ0n) is 12.3. The summed E-state index contributed by atoms with van der Waals surface area (Å²) in [5.74, 6) is 0.413. The molecule has 0 amide bonds. The number of aromatic nitrogens is 2. The van der Waals surface area contributed by atoms with E-state index in [2.05, 4.69) is 10.2 Å². The van der Waals surface area contributed by atoms with Crippen molar-refractivity contribution in [3.05, 3.63) is 59.3 Å². The molecule has 0 aliphatic heterocycles. The van der Waals surface area contributed by atoms with Crippen LogP contribution in [0.15, 0.2) is 42.5 Å². The van der Waals surface area contributed by atoms with E-state index in [4.69, 9.17) is 10.5 Å². The van der Waals surface area contributed by atoms with Crippen molar-refractivity contribution in [3.63, 3.8) is 0 Å². The average Bonchev–Trinajstić information content (AvgIpc) is 2.55. The fraction of sp³-hybridized carbons (Fsp3) is 0.118. The zero-order valence-corrected chi connectivity index (χ0v) is 12.3. The van der Waals surface area contributed by atoms with Crippen molar-refractivity contribution in [3.8, 4) is 5.75 Å². The highest BCUT2D eigenvalue weighted by molar-refractivity contribution is 6.13. The Morgan fingerprint density at radius 3 is 2.50 bits per heavy atom. The van der Waals surface area contributed by atoms with Crippen molar-refractivity contribution >= 4 is 22.4 Å². The minimum Gasteiger partial charge on any atom is -0.497 e. The summed E-state index contributed by atoms with van der Waals surface area (Å²) in [6.45, 7) is 1.96. The van der Waals surface area contributed by atoms with E-state index in [0.717, 1.165) is 5.56 Å². The SMILES string of the molecule is COc1ccc2nnc(C(=O)c3ccc(C)cc3)c(N)c2c1. The van der Waals surface area contributed by atoms with Crippen molar-refractivity contribution in [2.45, 2.75) is 6.92 Å². The number of hydrogen-bond acceptors (Lipinski definition) is 5. The number of anilines is 1. The number of ether oxygens (including phenoxy) is 1. The summed E-state index contributed by atoms with van der Waals surface area (Å²) in [7, 11) is 1.57. The van der Waals surface area contributed by atoms with Crippen LogP contribution in [0.25, 0.3) is 10.9 Å². The van der Waals surface area contributed by atoms with Gasteiger partial charge in [0.2, 0.25) is 5.78 Å². The lowest BCUT2D eigenvalue weighted by Crippen LogP contribution is -2.10. The molecule has 3 rings (SSSR count). The lowest BCUT2D eigenvalue weighted by molar-refractivity contribution is 0.103. The number of nitrogens with zero attached hydrogens (tertiary/aromatic N) is 2. The maximum Gasteiger partial charge on any atom is 0.215 e. The van der Waals surface area contributed by atoms with Crippen LogP contribution in [0.1, 0.15) is 21.6 Å². The Labute approximate surface area is 127 Å². The van der Waals surface area contributed by atoms with Gasteiger partial charge in [-0.2, -0.15) is 0 Å². The number of hydrogen-bond donors (Lipinski definition) is 1. The minimum absolute atomic E-state index is 0.157. The van der Waals surface area contributed by atoms with Gasteiger partial charge >= 0.3 is 0 Å². The van der Waals surface area contributed by atoms with Gasteiger partial charge in [-0.3, -0.25) is 4.79 Å². The van der Waals surface area contributed by atoms with Crippen LogP contribution in [0.2, 0.25) is 0 Å². The molecule has 5 heteroatoms. The van der Waals surface area contributed by atoms with E-state index in [1.54, 1.807) is 37.4 Å².